The first-order chi connectivity index (χ1) is 9.06. The van der Waals surface area contributed by atoms with Crippen molar-refractivity contribution in [3.8, 4) is 0 Å². The molecule has 3 heteroatoms. The van der Waals surface area contributed by atoms with E-state index < -0.39 is 0 Å². The van der Waals surface area contributed by atoms with Gasteiger partial charge in [-0.1, -0.05) is 27.7 Å². The van der Waals surface area contributed by atoms with Crippen molar-refractivity contribution >= 4 is 0 Å². The van der Waals surface area contributed by atoms with Gasteiger partial charge in [-0.25, -0.2) is 0 Å². The summed E-state index contributed by atoms with van der Waals surface area (Å²) >= 11 is 0. The Morgan fingerprint density at radius 2 is 2.05 bits per heavy atom. The van der Waals surface area contributed by atoms with E-state index in [9.17, 15) is 0 Å². The summed E-state index contributed by atoms with van der Waals surface area (Å²) in [4.78, 5) is 2.75. The van der Waals surface area contributed by atoms with Gasteiger partial charge in [0.2, 0.25) is 0 Å². The fourth-order valence-electron chi connectivity index (χ4n) is 3.39. The number of hydrogen-bond donors (Lipinski definition) is 1. The maximum Gasteiger partial charge on any atom is 0.0507 e. The van der Waals surface area contributed by atoms with Gasteiger partial charge in [0.1, 0.15) is 0 Å². The molecule has 0 bridgehead atoms. The molecule has 0 spiro atoms. The fourth-order valence-corrected chi connectivity index (χ4v) is 3.39. The molecule has 0 radical (unpaired) electrons. The molecule has 2 saturated heterocycles. The molecule has 112 valence electrons. The average Bonchev–Trinajstić information content (AvgIpc) is 2.83. The van der Waals surface area contributed by atoms with Crippen LogP contribution in [0.3, 0.4) is 0 Å². The number of nitrogens with one attached hydrogen (secondary N) is 1. The van der Waals surface area contributed by atoms with Crippen LogP contribution in [0.1, 0.15) is 40.5 Å². The van der Waals surface area contributed by atoms with Crippen LogP contribution in [0.25, 0.3) is 0 Å². The minimum absolute atomic E-state index is 0.658. The van der Waals surface area contributed by atoms with Crippen LogP contribution in [0.4, 0.5) is 0 Å². The molecule has 2 rings (SSSR count). The normalized spacial score (nSPS) is 33.5. The Balaban J connectivity index is 1.93. The van der Waals surface area contributed by atoms with Crippen molar-refractivity contribution in [2.24, 2.45) is 17.8 Å². The SMILES string of the molecule is CC(C)CC1CNC(C(C)C)CN1CC1CCOC1. The van der Waals surface area contributed by atoms with Gasteiger partial charge in [0.05, 0.1) is 6.61 Å². The highest BCUT2D eigenvalue weighted by molar-refractivity contribution is 4.89. The van der Waals surface area contributed by atoms with E-state index >= 15 is 0 Å². The number of nitrogens with zero attached hydrogens (tertiary/aromatic N) is 1. The summed E-state index contributed by atoms with van der Waals surface area (Å²) in [6.45, 7) is 14.9. The molecule has 0 aromatic carbocycles. The van der Waals surface area contributed by atoms with E-state index in [0.717, 1.165) is 43.6 Å². The second-order valence-electron chi connectivity index (χ2n) is 7.23. The molecule has 1 N–H and O–H groups in total. The van der Waals surface area contributed by atoms with Gasteiger partial charge in [0.25, 0.3) is 0 Å². The predicted octanol–water partition coefficient (Wildman–Crippen LogP) is 2.37. The van der Waals surface area contributed by atoms with Gasteiger partial charge < -0.3 is 10.1 Å². The van der Waals surface area contributed by atoms with Gasteiger partial charge in [0.15, 0.2) is 0 Å². The molecular formula is C16H32N2O. The van der Waals surface area contributed by atoms with Crippen LogP contribution < -0.4 is 5.32 Å². The van der Waals surface area contributed by atoms with Crippen LogP contribution in [0.2, 0.25) is 0 Å². The highest BCUT2D eigenvalue weighted by Crippen LogP contribution is 2.22. The number of rotatable bonds is 5. The Bertz CT molecular complexity index is 259. The minimum Gasteiger partial charge on any atom is -0.381 e. The maximum absolute atomic E-state index is 5.55. The zero-order valence-corrected chi connectivity index (χ0v) is 13.2. The molecule has 2 fully saturated rings. The Hall–Kier alpha value is -0.120. The van der Waals surface area contributed by atoms with Crippen molar-refractivity contribution in [1.29, 1.82) is 0 Å². The first-order valence-electron chi connectivity index (χ1n) is 8.11. The number of ether oxygens (including phenoxy) is 1. The van der Waals surface area contributed by atoms with Crippen molar-refractivity contribution in [3.05, 3.63) is 0 Å². The Morgan fingerprint density at radius 1 is 1.26 bits per heavy atom. The van der Waals surface area contributed by atoms with Crippen LogP contribution in [0.5, 0.6) is 0 Å². The van der Waals surface area contributed by atoms with Gasteiger partial charge in [-0.15, -0.1) is 0 Å². The molecule has 2 aliphatic rings. The Labute approximate surface area is 119 Å². The topological polar surface area (TPSA) is 24.5 Å². The van der Waals surface area contributed by atoms with E-state index in [1.807, 2.05) is 0 Å². The molecule has 0 aromatic rings. The molecule has 0 amide bonds. The number of hydrogen-bond acceptors (Lipinski definition) is 3. The highest BCUT2D eigenvalue weighted by Gasteiger charge is 2.31. The monoisotopic (exact) mass is 268 g/mol. The van der Waals surface area contributed by atoms with Gasteiger partial charge in [0, 0.05) is 38.3 Å². The molecule has 3 atom stereocenters. The summed E-state index contributed by atoms with van der Waals surface area (Å²) in [5.74, 6) is 2.27. The molecule has 2 heterocycles. The largest absolute Gasteiger partial charge is 0.381 e. The summed E-state index contributed by atoms with van der Waals surface area (Å²) in [7, 11) is 0. The van der Waals surface area contributed by atoms with Gasteiger partial charge in [-0.05, 0) is 30.6 Å². The van der Waals surface area contributed by atoms with Crippen LogP contribution in [-0.4, -0.2) is 49.8 Å². The minimum atomic E-state index is 0.658. The van der Waals surface area contributed by atoms with Crippen molar-refractivity contribution in [1.82, 2.24) is 10.2 Å². The molecule has 0 aromatic heterocycles. The third-order valence-electron chi connectivity index (χ3n) is 4.63. The lowest BCUT2D eigenvalue weighted by Crippen LogP contribution is -2.59. The molecule has 0 saturated carbocycles. The highest BCUT2D eigenvalue weighted by atomic mass is 16.5. The molecule has 3 nitrogen and oxygen atoms in total. The summed E-state index contributed by atoms with van der Waals surface area (Å²) in [5.41, 5.74) is 0. The Morgan fingerprint density at radius 3 is 2.63 bits per heavy atom. The summed E-state index contributed by atoms with van der Waals surface area (Å²) in [6.07, 6.45) is 2.57. The van der Waals surface area contributed by atoms with E-state index in [0.29, 0.717) is 6.04 Å². The first kappa shape index (κ1) is 15.3. The van der Waals surface area contributed by atoms with E-state index in [-0.39, 0.29) is 0 Å². The second-order valence-corrected chi connectivity index (χ2v) is 7.23. The van der Waals surface area contributed by atoms with Gasteiger partial charge in [-0.3, -0.25) is 4.90 Å². The van der Waals surface area contributed by atoms with Crippen LogP contribution in [0, 0.1) is 17.8 Å². The van der Waals surface area contributed by atoms with Gasteiger partial charge >= 0.3 is 0 Å². The lowest BCUT2D eigenvalue weighted by atomic mass is 9.94. The quantitative estimate of drug-likeness (QED) is 0.828. The summed E-state index contributed by atoms with van der Waals surface area (Å²) < 4.78 is 5.55. The third-order valence-corrected chi connectivity index (χ3v) is 4.63. The molecule has 0 aliphatic carbocycles. The predicted molar refractivity (Wildman–Crippen MR) is 80.4 cm³/mol. The molecule has 2 aliphatic heterocycles. The molecular weight excluding hydrogens is 236 g/mol. The lowest BCUT2D eigenvalue weighted by Gasteiger charge is -2.43. The van der Waals surface area contributed by atoms with E-state index in [2.05, 4.69) is 37.9 Å². The van der Waals surface area contributed by atoms with E-state index in [1.54, 1.807) is 0 Å². The molecule has 3 unspecified atom stereocenters. The van der Waals surface area contributed by atoms with Crippen molar-refractivity contribution in [2.45, 2.75) is 52.6 Å². The first-order valence-corrected chi connectivity index (χ1v) is 8.11. The van der Waals surface area contributed by atoms with Crippen LogP contribution in [-0.2, 0) is 4.74 Å². The lowest BCUT2D eigenvalue weighted by molar-refractivity contribution is 0.0786. The Kier molecular flexibility index (Phi) is 5.67. The zero-order valence-electron chi connectivity index (χ0n) is 13.2. The van der Waals surface area contributed by atoms with Gasteiger partial charge in [-0.2, -0.15) is 0 Å². The number of piperazine rings is 1. The zero-order chi connectivity index (χ0) is 13.8. The van der Waals surface area contributed by atoms with Crippen LogP contribution in [0.15, 0.2) is 0 Å². The third kappa shape index (κ3) is 4.44. The van der Waals surface area contributed by atoms with E-state index in [4.69, 9.17) is 4.74 Å². The standard InChI is InChI=1S/C16H32N2O/c1-12(2)7-15-8-17-16(13(3)4)10-18(15)9-14-5-6-19-11-14/h12-17H,5-11H2,1-4H3. The second kappa shape index (κ2) is 7.05. The molecule has 19 heavy (non-hydrogen) atoms. The van der Waals surface area contributed by atoms with Crippen molar-refractivity contribution < 1.29 is 4.74 Å². The van der Waals surface area contributed by atoms with Crippen molar-refractivity contribution in [2.75, 3.05) is 32.8 Å². The summed E-state index contributed by atoms with van der Waals surface area (Å²) in [5, 5.41) is 3.76. The average molecular weight is 268 g/mol. The van der Waals surface area contributed by atoms with Crippen LogP contribution >= 0.6 is 0 Å². The fraction of sp³-hybridized carbons (Fsp3) is 1.00. The van der Waals surface area contributed by atoms with E-state index in [1.165, 1.54) is 25.9 Å². The summed E-state index contributed by atoms with van der Waals surface area (Å²) in [6, 6.07) is 1.38. The maximum atomic E-state index is 5.55. The van der Waals surface area contributed by atoms with Crippen molar-refractivity contribution in [3.63, 3.8) is 0 Å². The smallest absolute Gasteiger partial charge is 0.0507 e.